The minimum atomic E-state index is -0.218. The highest BCUT2D eigenvalue weighted by Gasteiger charge is 2.56. The molecule has 6 rings (SSSR count). The Kier molecular flexibility index (Phi) is 12.3. The first-order valence-corrected chi connectivity index (χ1v) is 19.1. The minimum Gasteiger partial charge on any atom is -0.494 e. The number of hydrogen-bond donors (Lipinski definition) is 0. The number of benzene rings is 3. The summed E-state index contributed by atoms with van der Waals surface area (Å²) in [6.45, 7) is 13.4. The highest BCUT2D eigenvalue weighted by atomic mass is 35.5. The first kappa shape index (κ1) is 39.6. The second kappa shape index (κ2) is 17.1. The average Bonchev–Trinajstić information content (AvgIpc) is 3.78. The van der Waals surface area contributed by atoms with Crippen molar-refractivity contribution in [1.82, 2.24) is 14.8 Å². The average molecular weight is 765 g/mol. The molecular weight excluding hydrogens is 716 g/mol. The van der Waals surface area contributed by atoms with Crippen LogP contribution in [0.5, 0.6) is 17.2 Å². The molecule has 2 aliphatic rings. The van der Waals surface area contributed by atoms with Gasteiger partial charge in [0.15, 0.2) is 6.29 Å². The molecule has 0 bridgehead atoms. The van der Waals surface area contributed by atoms with E-state index < -0.39 is 0 Å². The van der Waals surface area contributed by atoms with Gasteiger partial charge in [-0.2, -0.15) is 5.26 Å². The first-order chi connectivity index (χ1) is 26.4. The molecule has 288 valence electrons. The number of ether oxygens (including phenoxy) is 4. The number of nitriles is 1. The Morgan fingerprint density at radius 3 is 2.56 bits per heavy atom. The molecule has 10 nitrogen and oxygen atoms in total. The van der Waals surface area contributed by atoms with E-state index in [-0.39, 0.29) is 36.2 Å². The fraction of sp³-hybridized carbons (Fsp3) is 0.409. The van der Waals surface area contributed by atoms with Crippen molar-refractivity contribution < 1.29 is 28.5 Å². The van der Waals surface area contributed by atoms with Crippen molar-refractivity contribution in [1.29, 1.82) is 5.26 Å². The number of rotatable bonds is 13. The van der Waals surface area contributed by atoms with E-state index in [1.807, 2.05) is 29.2 Å². The maximum Gasteiger partial charge on any atom is 0.409 e. The van der Waals surface area contributed by atoms with E-state index in [1.165, 1.54) is 19.4 Å². The first-order valence-electron chi connectivity index (χ1n) is 18.7. The van der Waals surface area contributed by atoms with Crippen LogP contribution in [0.25, 0.3) is 11.1 Å². The fourth-order valence-electron chi connectivity index (χ4n) is 8.45. The van der Waals surface area contributed by atoms with Crippen LogP contribution in [0, 0.1) is 29.1 Å². The third-order valence-electron chi connectivity index (χ3n) is 10.8. The summed E-state index contributed by atoms with van der Waals surface area (Å²) >= 11 is 6.53. The second-order valence-corrected chi connectivity index (χ2v) is 16.0. The Hall–Kier alpha value is -5.11. The Morgan fingerprint density at radius 2 is 1.80 bits per heavy atom. The van der Waals surface area contributed by atoms with Crippen LogP contribution in [0.2, 0.25) is 5.02 Å². The molecule has 3 aromatic carbocycles. The van der Waals surface area contributed by atoms with Crippen LogP contribution in [0.3, 0.4) is 0 Å². The van der Waals surface area contributed by atoms with Crippen LogP contribution in [-0.4, -0.2) is 73.1 Å². The Labute approximate surface area is 328 Å². The zero-order valence-corrected chi connectivity index (χ0v) is 33.0. The molecule has 0 N–H and O–H groups in total. The van der Waals surface area contributed by atoms with Gasteiger partial charge in [0.2, 0.25) is 0 Å². The van der Waals surface area contributed by atoms with E-state index in [1.54, 1.807) is 18.3 Å². The predicted octanol–water partition coefficient (Wildman–Crippen LogP) is 8.90. The summed E-state index contributed by atoms with van der Waals surface area (Å²) in [5.41, 5.74) is 5.62. The normalized spacial score (nSPS) is 18.3. The zero-order valence-electron chi connectivity index (χ0n) is 32.3. The van der Waals surface area contributed by atoms with E-state index in [2.05, 4.69) is 61.8 Å². The summed E-state index contributed by atoms with van der Waals surface area (Å²) in [6, 6.07) is 21.3. The van der Waals surface area contributed by atoms with E-state index in [0.717, 1.165) is 73.4 Å². The molecule has 2 aliphatic heterocycles. The van der Waals surface area contributed by atoms with Crippen molar-refractivity contribution in [2.45, 2.75) is 66.2 Å². The highest BCUT2D eigenvalue weighted by Crippen LogP contribution is 2.51. The van der Waals surface area contributed by atoms with Gasteiger partial charge in [-0.1, -0.05) is 62.7 Å². The van der Waals surface area contributed by atoms with Gasteiger partial charge >= 0.3 is 6.09 Å². The number of aldehydes is 1. The van der Waals surface area contributed by atoms with Crippen LogP contribution in [-0.2, 0) is 18.0 Å². The van der Waals surface area contributed by atoms with Gasteiger partial charge in [-0.15, -0.1) is 0 Å². The summed E-state index contributed by atoms with van der Waals surface area (Å²) in [7, 11) is 1.47. The molecule has 4 aromatic rings. The number of amides is 1. The Morgan fingerprint density at radius 1 is 1.02 bits per heavy atom. The molecular formula is C44H49ClN4O6. The van der Waals surface area contributed by atoms with E-state index >= 15 is 0 Å². The van der Waals surface area contributed by atoms with Gasteiger partial charge in [0.1, 0.15) is 36.5 Å². The van der Waals surface area contributed by atoms with Gasteiger partial charge in [0, 0.05) is 55.1 Å². The standard InChI is InChI=1S/C44H49ClN4O6/c1-30-34(28-55-40-22-39(35(26-50)21-38(40)45)54-27-32-19-31(23-46)24-47-25-32)10-7-12-37(30)33-9-6-11-36(20-33)53-18-8-15-48-16-13-44(29-48)14-17-49(42(51)52-5)41(44)43(2,3)4/h6-7,9-12,19-22,24-26,41H,8,13-18,27-29H2,1-5H3. The van der Waals surface area contributed by atoms with Crippen LogP contribution in [0.15, 0.2) is 73.1 Å². The van der Waals surface area contributed by atoms with Crippen LogP contribution >= 0.6 is 11.6 Å². The molecule has 55 heavy (non-hydrogen) atoms. The Bertz CT molecular complexity index is 2060. The molecule has 1 amide bonds. The molecule has 2 atom stereocenters. The van der Waals surface area contributed by atoms with Crippen molar-refractivity contribution in [2.24, 2.45) is 10.8 Å². The lowest BCUT2D eigenvalue weighted by atomic mass is 9.68. The number of aromatic nitrogens is 1. The Balaban J connectivity index is 1.05. The summed E-state index contributed by atoms with van der Waals surface area (Å²) in [5.74, 6) is 1.52. The number of methoxy groups -OCH3 is 1. The van der Waals surface area contributed by atoms with Gasteiger partial charge in [-0.05, 0) is 84.7 Å². The van der Waals surface area contributed by atoms with Gasteiger partial charge in [0.05, 0.1) is 29.9 Å². The fourth-order valence-corrected chi connectivity index (χ4v) is 8.67. The molecule has 3 heterocycles. The molecule has 2 fully saturated rings. The monoisotopic (exact) mass is 764 g/mol. The molecule has 0 aliphatic carbocycles. The molecule has 11 heteroatoms. The van der Waals surface area contributed by atoms with Crippen molar-refractivity contribution >= 4 is 24.0 Å². The van der Waals surface area contributed by atoms with Gasteiger partial charge in [-0.25, -0.2) is 4.79 Å². The molecule has 1 spiro atoms. The predicted molar refractivity (Wildman–Crippen MR) is 212 cm³/mol. The quantitative estimate of drug-likeness (QED) is 0.0973. The van der Waals surface area contributed by atoms with Crippen molar-refractivity contribution in [2.75, 3.05) is 39.9 Å². The molecule has 2 unspecified atom stereocenters. The lowest BCUT2D eigenvalue weighted by molar-refractivity contribution is 0.0476. The zero-order chi connectivity index (χ0) is 39.2. The number of nitrogens with zero attached hydrogens (tertiary/aromatic N) is 4. The summed E-state index contributed by atoms with van der Waals surface area (Å²) in [4.78, 5) is 33.0. The van der Waals surface area contributed by atoms with E-state index in [4.69, 9.17) is 30.5 Å². The molecule has 0 radical (unpaired) electrons. The third kappa shape index (κ3) is 9.07. The summed E-state index contributed by atoms with van der Waals surface area (Å²) in [5, 5.41) is 9.47. The highest BCUT2D eigenvalue weighted by molar-refractivity contribution is 6.32. The van der Waals surface area contributed by atoms with E-state index in [0.29, 0.717) is 46.1 Å². The van der Waals surface area contributed by atoms with Crippen LogP contribution in [0.1, 0.15) is 72.6 Å². The maximum absolute atomic E-state index is 12.6. The largest absolute Gasteiger partial charge is 0.494 e. The lowest BCUT2D eigenvalue weighted by Crippen LogP contribution is -2.51. The second-order valence-electron chi connectivity index (χ2n) is 15.6. The van der Waals surface area contributed by atoms with Gasteiger partial charge < -0.3 is 28.7 Å². The van der Waals surface area contributed by atoms with Crippen molar-refractivity contribution in [3.05, 3.63) is 106 Å². The van der Waals surface area contributed by atoms with Crippen molar-refractivity contribution in [3.8, 4) is 34.4 Å². The lowest BCUT2D eigenvalue weighted by Gasteiger charge is -2.43. The summed E-state index contributed by atoms with van der Waals surface area (Å²) in [6.07, 6.45) is 6.55. The van der Waals surface area contributed by atoms with Crippen LogP contribution < -0.4 is 14.2 Å². The summed E-state index contributed by atoms with van der Waals surface area (Å²) < 4.78 is 23.5. The van der Waals surface area contributed by atoms with Crippen LogP contribution in [0.4, 0.5) is 4.79 Å². The number of carbonyl (C=O) groups excluding carboxylic acids is 2. The number of pyridine rings is 1. The molecule has 2 saturated heterocycles. The third-order valence-corrected chi connectivity index (χ3v) is 11.1. The number of likely N-dealkylation sites (tertiary alicyclic amines) is 2. The van der Waals surface area contributed by atoms with Crippen molar-refractivity contribution in [3.63, 3.8) is 0 Å². The van der Waals surface area contributed by atoms with E-state index in [9.17, 15) is 14.9 Å². The smallest absolute Gasteiger partial charge is 0.409 e. The number of carbonyl (C=O) groups is 2. The SMILES string of the molecule is COC(=O)N1CCC2(CCN(CCCOc3cccc(-c4cccc(COc5cc(OCc6cncc(C#N)c6)c(C=O)cc5Cl)c4C)c3)C2)C1C(C)(C)C. The molecule has 1 aromatic heterocycles. The van der Waals surface area contributed by atoms with Gasteiger partial charge in [0.25, 0.3) is 0 Å². The number of hydrogen-bond acceptors (Lipinski definition) is 9. The number of halogens is 1. The maximum atomic E-state index is 12.6. The minimum absolute atomic E-state index is 0.0374. The molecule has 0 saturated carbocycles. The topological polar surface area (TPSA) is 114 Å². The van der Waals surface area contributed by atoms with Gasteiger partial charge in [-0.3, -0.25) is 9.78 Å².